The van der Waals surface area contributed by atoms with Crippen molar-refractivity contribution in [2.45, 2.75) is 20.3 Å². The van der Waals surface area contributed by atoms with Gasteiger partial charge in [-0.3, -0.25) is 0 Å². The maximum Gasteiger partial charge on any atom is 0.198 e. The van der Waals surface area contributed by atoms with E-state index in [9.17, 15) is 0 Å². The summed E-state index contributed by atoms with van der Waals surface area (Å²) in [4.78, 5) is 8.81. The number of hydrogen-bond acceptors (Lipinski definition) is 5. The molecular formula is C12H14Br2N4O. The standard InChI is InChI=1S/C12H14Br2N4O/c1-6(2)3-7-4-10(18-15)17-12(16-7)9-5-8(13)11(14)19-9/h4-6H,3,15H2,1-2H3,(H,16,17,18). The third-order valence-corrected chi connectivity index (χ3v) is 4.12. The fraction of sp³-hybridized carbons (Fsp3) is 0.333. The first kappa shape index (κ1) is 14.5. The highest BCUT2D eigenvalue weighted by Gasteiger charge is 2.13. The topological polar surface area (TPSA) is 77.0 Å². The molecule has 0 aliphatic heterocycles. The molecule has 0 saturated heterocycles. The Hall–Kier alpha value is -0.920. The summed E-state index contributed by atoms with van der Waals surface area (Å²) in [7, 11) is 0. The van der Waals surface area contributed by atoms with Crippen molar-refractivity contribution in [3.63, 3.8) is 0 Å². The summed E-state index contributed by atoms with van der Waals surface area (Å²) in [5.74, 6) is 7.61. The lowest BCUT2D eigenvalue weighted by Crippen LogP contribution is -2.11. The van der Waals surface area contributed by atoms with E-state index in [2.05, 4.69) is 61.1 Å². The lowest BCUT2D eigenvalue weighted by Gasteiger charge is -2.08. The number of hydrazine groups is 1. The van der Waals surface area contributed by atoms with E-state index in [0.717, 1.165) is 16.6 Å². The fourth-order valence-electron chi connectivity index (χ4n) is 1.66. The minimum absolute atomic E-state index is 0.503. The first-order valence-electron chi connectivity index (χ1n) is 5.79. The maximum atomic E-state index is 5.54. The van der Waals surface area contributed by atoms with Crippen LogP contribution in [0, 0.1) is 5.92 Å². The minimum Gasteiger partial charge on any atom is -0.445 e. The quantitative estimate of drug-likeness (QED) is 0.615. The molecule has 0 fully saturated rings. The number of nitrogen functional groups attached to an aromatic ring is 1. The number of furan rings is 1. The van der Waals surface area contributed by atoms with E-state index in [0.29, 0.717) is 28.0 Å². The Morgan fingerprint density at radius 3 is 2.58 bits per heavy atom. The summed E-state index contributed by atoms with van der Waals surface area (Å²) in [6, 6.07) is 3.66. The van der Waals surface area contributed by atoms with Crippen molar-refractivity contribution in [1.29, 1.82) is 0 Å². The van der Waals surface area contributed by atoms with Gasteiger partial charge in [0.1, 0.15) is 5.82 Å². The number of aromatic nitrogens is 2. The second-order valence-electron chi connectivity index (χ2n) is 4.54. The van der Waals surface area contributed by atoms with Crippen LogP contribution in [0.1, 0.15) is 19.5 Å². The molecule has 0 saturated carbocycles. The predicted octanol–water partition coefficient (Wildman–Crippen LogP) is 3.75. The van der Waals surface area contributed by atoms with E-state index in [1.54, 1.807) is 0 Å². The van der Waals surface area contributed by atoms with Crippen molar-refractivity contribution in [3.8, 4) is 11.6 Å². The van der Waals surface area contributed by atoms with Gasteiger partial charge in [-0.1, -0.05) is 13.8 Å². The van der Waals surface area contributed by atoms with Gasteiger partial charge < -0.3 is 9.84 Å². The van der Waals surface area contributed by atoms with Crippen LogP contribution in [0.2, 0.25) is 0 Å². The van der Waals surface area contributed by atoms with Crippen LogP contribution in [-0.4, -0.2) is 9.97 Å². The molecule has 19 heavy (non-hydrogen) atoms. The molecule has 2 rings (SSSR count). The number of nitrogens with two attached hydrogens (primary N) is 1. The Balaban J connectivity index is 2.44. The van der Waals surface area contributed by atoms with E-state index in [4.69, 9.17) is 10.3 Å². The Bertz CT molecular complexity index is 564. The average Bonchev–Trinajstić information content (AvgIpc) is 2.68. The summed E-state index contributed by atoms with van der Waals surface area (Å²) in [6.07, 6.45) is 0.854. The lowest BCUT2D eigenvalue weighted by molar-refractivity contribution is 0.548. The molecule has 0 spiro atoms. The van der Waals surface area contributed by atoms with Gasteiger partial charge in [-0.2, -0.15) is 0 Å². The molecule has 3 N–H and O–H groups in total. The molecule has 2 aromatic heterocycles. The van der Waals surface area contributed by atoms with Crippen molar-refractivity contribution in [2.75, 3.05) is 5.43 Å². The third-order valence-electron chi connectivity index (χ3n) is 2.41. The van der Waals surface area contributed by atoms with Crippen LogP contribution in [0.3, 0.4) is 0 Å². The van der Waals surface area contributed by atoms with Crippen molar-refractivity contribution in [3.05, 3.63) is 27.0 Å². The van der Waals surface area contributed by atoms with E-state index in [1.165, 1.54) is 0 Å². The van der Waals surface area contributed by atoms with Gasteiger partial charge in [-0.05, 0) is 44.2 Å². The molecule has 102 valence electrons. The van der Waals surface area contributed by atoms with Crippen LogP contribution in [0.25, 0.3) is 11.6 Å². The smallest absolute Gasteiger partial charge is 0.198 e. The molecule has 0 unspecified atom stereocenters. The van der Waals surface area contributed by atoms with Gasteiger partial charge in [-0.25, -0.2) is 15.8 Å². The van der Waals surface area contributed by atoms with Gasteiger partial charge in [0.2, 0.25) is 0 Å². The zero-order valence-corrected chi connectivity index (χ0v) is 13.7. The van der Waals surface area contributed by atoms with Crippen LogP contribution >= 0.6 is 31.9 Å². The number of nitrogens with one attached hydrogen (secondary N) is 1. The van der Waals surface area contributed by atoms with Gasteiger partial charge in [-0.15, -0.1) is 0 Å². The number of anilines is 1. The van der Waals surface area contributed by atoms with Crippen LogP contribution in [0.4, 0.5) is 5.82 Å². The molecule has 0 amide bonds. The van der Waals surface area contributed by atoms with Crippen LogP contribution in [0.5, 0.6) is 0 Å². The maximum absolute atomic E-state index is 5.54. The molecule has 7 heteroatoms. The number of rotatable bonds is 4. The molecule has 5 nitrogen and oxygen atoms in total. The Morgan fingerprint density at radius 1 is 1.32 bits per heavy atom. The summed E-state index contributed by atoms with van der Waals surface area (Å²) in [5, 5.41) is 0. The second-order valence-corrected chi connectivity index (χ2v) is 6.12. The molecule has 2 heterocycles. The molecular weight excluding hydrogens is 376 g/mol. The zero-order valence-electron chi connectivity index (χ0n) is 10.6. The number of halogens is 2. The predicted molar refractivity (Wildman–Crippen MR) is 81.5 cm³/mol. The van der Waals surface area contributed by atoms with Gasteiger partial charge in [0.05, 0.1) is 4.47 Å². The van der Waals surface area contributed by atoms with Gasteiger partial charge in [0.15, 0.2) is 16.3 Å². The van der Waals surface area contributed by atoms with Crippen molar-refractivity contribution < 1.29 is 4.42 Å². The van der Waals surface area contributed by atoms with Crippen LogP contribution in [-0.2, 0) is 6.42 Å². The van der Waals surface area contributed by atoms with Gasteiger partial charge >= 0.3 is 0 Å². The first-order valence-corrected chi connectivity index (χ1v) is 7.38. The van der Waals surface area contributed by atoms with E-state index in [1.807, 2.05) is 12.1 Å². The second kappa shape index (κ2) is 6.02. The zero-order chi connectivity index (χ0) is 14.0. The lowest BCUT2D eigenvalue weighted by atomic mass is 10.1. The summed E-state index contributed by atoms with van der Waals surface area (Å²) < 4.78 is 6.97. The Labute approximate surface area is 128 Å². The van der Waals surface area contributed by atoms with Gasteiger partial charge in [0, 0.05) is 17.8 Å². The summed E-state index contributed by atoms with van der Waals surface area (Å²) in [6.45, 7) is 4.27. The molecule has 0 aromatic carbocycles. The minimum atomic E-state index is 0.503. The molecule has 0 radical (unpaired) electrons. The highest BCUT2D eigenvalue weighted by molar-refractivity contribution is 9.13. The highest BCUT2D eigenvalue weighted by atomic mass is 79.9. The van der Waals surface area contributed by atoms with E-state index < -0.39 is 0 Å². The van der Waals surface area contributed by atoms with Crippen molar-refractivity contribution in [1.82, 2.24) is 9.97 Å². The van der Waals surface area contributed by atoms with Crippen molar-refractivity contribution in [2.24, 2.45) is 11.8 Å². The highest BCUT2D eigenvalue weighted by Crippen LogP contribution is 2.31. The summed E-state index contributed by atoms with van der Waals surface area (Å²) >= 11 is 6.67. The number of hydrogen-bond donors (Lipinski definition) is 2. The molecule has 0 aliphatic rings. The molecule has 0 atom stereocenters. The van der Waals surface area contributed by atoms with E-state index >= 15 is 0 Å². The van der Waals surface area contributed by atoms with Gasteiger partial charge in [0.25, 0.3) is 0 Å². The van der Waals surface area contributed by atoms with Crippen molar-refractivity contribution >= 4 is 37.7 Å². The molecule has 2 aromatic rings. The number of nitrogens with zero attached hydrogens (tertiary/aromatic N) is 2. The molecule has 0 aliphatic carbocycles. The van der Waals surface area contributed by atoms with Crippen LogP contribution in [0.15, 0.2) is 25.7 Å². The normalized spacial score (nSPS) is 11.1. The summed E-state index contributed by atoms with van der Waals surface area (Å²) in [5.41, 5.74) is 3.48. The third kappa shape index (κ3) is 3.55. The Kier molecular flexibility index (Phi) is 4.59. The largest absolute Gasteiger partial charge is 0.445 e. The monoisotopic (exact) mass is 388 g/mol. The van der Waals surface area contributed by atoms with Crippen LogP contribution < -0.4 is 11.3 Å². The Morgan fingerprint density at radius 2 is 2.05 bits per heavy atom. The SMILES string of the molecule is CC(C)Cc1cc(NN)nc(-c2cc(Br)c(Br)o2)n1. The first-order chi connectivity index (χ1) is 8.99. The van der Waals surface area contributed by atoms with E-state index in [-0.39, 0.29) is 0 Å². The fourth-order valence-corrected chi connectivity index (χ4v) is 2.24. The average molecular weight is 390 g/mol. The molecule has 0 bridgehead atoms.